The Kier molecular flexibility index (Phi) is 6.25. The molecule has 0 spiro atoms. The van der Waals surface area contributed by atoms with Gasteiger partial charge in [-0.1, -0.05) is 0 Å². The first-order chi connectivity index (χ1) is 12.7. The molecule has 0 aliphatic carbocycles. The molecule has 1 amide bonds. The number of likely N-dealkylation sites (tertiary alicyclic amines) is 1. The van der Waals surface area contributed by atoms with Crippen LogP contribution < -0.4 is 4.74 Å². The molecule has 0 N–H and O–H groups in total. The summed E-state index contributed by atoms with van der Waals surface area (Å²) in [5, 5.41) is 0. The predicted molar refractivity (Wildman–Crippen MR) is 95.2 cm³/mol. The van der Waals surface area contributed by atoms with Crippen molar-refractivity contribution in [2.24, 2.45) is 0 Å². The lowest BCUT2D eigenvalue weighted by Gasteiger charge is -2.31. The first-order valence-corrected chi connectivity index (χ1v) is 8.70. The standard InChI is InChI=1S/C19H24N2O5/c1-23-11-12-25-16-7-9-21(10-8-16)19(22)17-18(26-13-20-17)14-3-5-15(24-2)6-4-14/h3-6,13,16H,7-12H2,1-2H3. The molecule has 7 nitrogen and oxygen atoms in total. The third kappa shape index (κ3) is 4.23. The van der Waals surface area contributed by atoms with E-state index in [4.69, 9.17) is 18.6 Å². The van der Waals surface area contributed by atoms with Crippen LogP contribution in [-0.4, -0.2) is 62.4 Å². The second kappa shape index (κ2) is 8.82. The van der Waals surface area contributed by atoms with Crippen molar-refractivity contribution in [3.8, 4) is 17.1 Å². The average molecular weight is 360 g/mol. The van der Waals surface area contributed by atoms with Crippen molar-refractivity contribution in [2.45, 2.75) is 18.9 Å². The SMILES string of the molecule is COCCOC1CCN(C(=O)c2ncoc2-c2ccc(OC)cc2)CC1. The Morgan fingerprint density at radius 1 is 1.19 bits per heavy atom. The van der Waals surface area contributed by atoms with E-state index in [2.05, 4.69) is 4.98 Å². The predicted octanol–water partition coefficient (Wildman–Crippen LogP) is 2.62. The smallest absolute Gasteiger partial charge is 0.276 e. The summed E-state index contributed by atoms with van der Waals surface area (Å²) in [7, 11) is 3.27. The summed E-state index contributed by atoms with van der Waals surface area (Å²) < 4.78 is 21.4. The zero-order valence-corrected chi connectivity index (χ0v) is 15.1. The normalized spacial score (nSPS) is 15.2. The van der Waals surface area contributed by atoms with Crippen LogP contribution in [-0.2, 0) is 9.47 Å². The number of carbonyl (C=O) groups excluding carboxylic acids is 1. The van der Waals surface area contributed by atoms with Gasteiger partial charge in [0.2, 0.25) is 0 Å². The first kappa shape index (κ1) is 18.4. The van der Waals surface area contributed by atoms with Gasteiger partial charge in [0, 0.05) is 25.8 Å². The highest BCUT2D eigenvalue weighted by molar-refractivity contribution is 5.97. The van der Waals surface area contributed by atoms with Gasteiger partial charge in [0.05, 0.1) is 26.4 Å². The maximum atomic E-state index is 12.9. The van der Waals surface area contributed by atoms with Gasteiger partial charge in [0.15, 0.2) is 17.8 Å². The topological polar surface area (TPSA) is 74.0 Å². The molecule has 0 radical (unpaired) electrons. The summed E-state index contributed by atoms with van der Waals surface area (Å²) in [5.41, 5.74) is 1.14. The lowest BCUT2D eigenvalue weighted by atomic mass is 10.1. The second-order valence-electron chi connectivity index (χ2n) is 6.11. The highest BCUT2D eigenvalue weighted by Crippen LogP contribution is 2.27. The van der Waals surface area contributed by atoms with Crippen molar-refractivity contribution in [1.29, 1.82) is 0 Å². The number of piperidine rings is 1. The molecular weight excluding hydrogens is 336 g/mol. The van der Waals surface area contributed by atoms with Gasteiger partial charge in [0.25, 0.3) is 5.91 Å². The highest BCUT2D eigenvalue weighted by Gasteiger charge is 2.28. The van der Waals surface area contributed by atoms with Crippen LogP contribution in [0.2, 0.25) is 0 Å². The van der Waals surface area contributed by atoms with Gasteiger partial charge in [-0.15, -0.1) is 0 Å². The molecule has 1 aliphatic heterocycles. The Morgan fingerprint density at radius 2 is 1.92 bits per heavy atom. The van der Waals surface area contributed by atoms with Crippen molar-refractivity contribution in [3.05, 3.63) is 36.4 Å². The second-order valence-corrected chi connectivity index (χ2v) is 6.11. The monoisotopic (exact) mass is 360 g/mol. The van der Waals surface area contributed by atoms with Gasteiger partial charge < -0.3 is 23.5 Å². The van der Waals surface area contributed by atoms with E-state index in [9.17, 15) is 4.79 Å². The number of nitrogens with zero attached hydrogens (tertiary/aromatic N) is 2. The van der Waals surface area contributed by atoms with Gasteiger partial charge in [-0.25, -0.2) is 4.98 Å². The summed E-state index contributed by atoms with van der Waals surface area (Å²) in [4.78, 5) is 18.8. The summed E-state index contributed by atoms with van der Waals surface area (Å²) in [5.74, 6) is 1.12. The van der Waals surface area contributed by atoms with Crippen LogP contribution in [0, 0.1) is 0 Å². The molecule has 1 saturated heterocycles. The number of benzene rings is 1. The van der Waals surface area contributed by atoms with Crippen LogP contribution in [0.1, 0.15) is 23.3 Å². The van der Waals surface area contributed by atoms with E-state index in [1.807, 2.05) is 24.3 Å². The number of hydrogen-bond acceptors (Lipinski definition) is 6. The average Bonchev–Trinajstić information content (AvgIpc) is 3.18. The van der Waals surface area contributed by atoms with E-state index in [-0.39, 0.29) is 12.0 Å². The fraction of sp³-hybridized carbons (Fsp3) is 0.474. The molecule has 7 heteroatoms. The van der Waals surface area contributed by atoms with Gasteiger partial charge >= 0.3 is 0 Å². The molecule has 1 aromatic heterocycles. The number of aromatic nitrogens is 1. The number of ether oxygens (including phenoxy) is 3. The molecule has 1 fully saturated rings. The molecule has 0 saturated carbocycles. The quantitative estimate of drug-likeness (QED) is 0.707. The van der Waals surface area contributed by atoms with Crippen molar-refractivity contribution in [3.63, 3.8) is 0 Å². The molecule has 0 unspecified atom stereocenters. The maximum Gasteiger partial charge on any atom is 0.276 e. The van der Waals surface area contributed by atoms with Crippen LogP contribution >= 0.6 is 0 Å². The fourth-order valence-electron chi connectivity index (χ4n) is 3.02. The third-order valence-corrected chi connectivity index (χ3v) is 4.49. The lowest BCUT2D eigenvalue weighted by molar-refractivity contribution is -0.0123. The van der Waals surface area contributed by atoms with Crippen LogP contribution in [0.25, 0.3) is 11.3 Å². The van der Waals surface area contributed by atoms with Crippen molar-refractivity contribution in [1.82, 2.24) is 9.88 Å². The minimum Gasteiger partial charge on any atom is -0.497 e. The Labute approximate surface area is 152 Å². The van der Waals surface area contributed by atoms with E-state index in [1.54, 1.807) is 19.1 Å². The molecule has 0 bridgehead atoms. The molecule has 2 aromatic rings. The molecule has 1 aliphatic rings. The minimum absolute atomic E-state index is 0.111. The number of oxazole rings is 1. The Hall–Kier alpha value is -2.38. The molecule has 26 heavy (non-hydrogen) atoms. The van der Waals surface area contributed by atoms with Crippen LogP contribution in [0.15, 0.2) is 35.1 Å². The zero-order chi connectivity index (χ0) is 18.4. The van der Waals surface area contributed by atoms with Crippen molar-refractivity contribution in [2.75, 3.05) is 40.5 Å². The Bertz CT molecular complexity index is 705. The number of methoxy groups -OCH3 is 2. The Balaban J connectivity index is 1.63. The summed E-state index contributed by atoms with van der Waals surface area (Å²) in [6.07, 6.45) is 3.11. The molecule has 2 heterocycles. The molecule has 3 rings (SSSR count). The van der Waals surface area contributed by atoms with E-state index < -0.39 is 0 Å². The van der Waals surface area contributed by atoms with E-state index >= 15 is 0 Å². The molecular formula is C19H24N2O5. The Morgan fingerprint density at radius 3 is 2.58 bits per heavy atom. The molecule has 1 aromatic carbocycles. The van der Waals surface area contributed by atoms with Crippen molar-refractivity contribution < 1.29 is 23.4 Å². The third-order valence-electron chi connectivity index (χ3n) is 4.49. The van der Waals surface area contributed by atoms with Crippen LogP contribution in [0.5, 0.6) is 5.75 Å². The first-order valence-electron chi connectivity index (χ1n) is 8.70. The van der Waals surface area contributed by atoms with Crippen LogP contribution in [0.3, 0.4) is 0 Å². The van der Waals surface area contributed by atoms with Gasteiger partial charge in [0.1, 0.15) is 5.75 Å². The number of carbonyl (C=O) groups is 1. The zero-order valence-electron chi connectivity index (χ0n) is 15.1. The largest absolute Gasteiger partial charge is 0.497 e. The number of amides is 1. The van der Waals surface area contributed by atoms with Crippen LogP contribution in [0.4, 0.5) is 0 Å². The van der Waals surface area contributed by atoms with E-state index in [0.29, 0.717) is 37.8 Å². The van der Waals surface area contributed by atoms with Gasteiger partial charge in [-0.05, 0) is 37.1 Å². The molecule has 140 valence electrons. The van der Waals surface area contributed by atoms with E-state index in [0.717, 1.165) is 24.2 Å². The highest BCUT2D eigenvalue weighted by atomic mass is 16.5. The minimum atomic E-state index is -0.111. The van der Waals surface area contributed by atoms with Gasteiger partial charge in [-0.3, -0.25) is 4.79 Å². The fourth-order valence-corrected chi connectivity index (χ4v) is 3.02. The van der Waals surface area contributed by atoms with Gasteiger partial charge in [-0.2, -0.15) is 0 Å². The maximum absolute atomic E-state index is 12.9. The number of hydrogen-bond donors (Lipinski definition) is 0. The number of rotatable bonds is 7. The summed E-state index contributed by atoms with van der Waals surface area (Å²) in [6, 6.07) is 7.36. The summed E-state index contributed by atoms with van der Waals surface area (Å²) >= 11 is 0. The summed E-state index contributed by atoms with van der Waals surface area (Å²) in [6.45, 7) is 2.46. The lowest BCUT2D eigenvalue weighted by Crippen LogP contribution is -2.41. The van der Waals surface area contributed by atoms with Crippen molar-refractivity contribution >= 4 is 5.91 Å². The van der Waals surface area contributed by atoms with E-state index in [1.165, 1.54) is 6.39 Å². The molecule has 0 atom stereocenters.